The average molecular weight is 247 g/mol. The Kier molecular flexibility index (Phi) is 2.93. The largest absolute Gasteiger partial charge is 0.365 e. The molecule has 1 aromatic heterocycles. The number of aryl methyl sites for hydroxylation is 1. The molecule has 6 heteroatoms. The highest BCUT2D eigenvalue weighted by Gasteiger charge is 2.14. The van der Waals surface area contributed by atoms with E-state index >= 15 is 0 Å². The highest BCUT2D eigenvalue weighted by atomic mass is 19.1. The molecular formula is C12H10FN3O2. The number of primary amides is 1. The topological polar surface area (TPSA) is 78.0 Å². The zero-order chi connectivity index (χ0) is 13.3. The van der Waals surface area contributed by atoms with Crippen LogP contribution in [-0.4, -0.2) is 15.5 Å². The first kappa shape index (κ1) is 12.0. The van der Waals surface area contributed by atoms with Crippen molar-refractivity contribution in [2.24, 2.45) is 12.8 Å². The Morgan fingerprint density at radius 1 is 1.44 bits per heavy atom. The Labute approximate surface area is 102 Å². The molecule has 5 nitrogen and oxygen atoms in total. The number of nitrogens with zero attached hydrogens (tertiary/aromatic N) is 2. The lowest BCUT2D eigenvalue weighted by atomic mass is 10.1. The number of hydrogen-bond donors (Lipinski definition) is 1. The predicted molar refractivity (Wildman–Crippen MR) is 63.4 cm³/mol. The zero-order valence-electron chi connectivity index (χ0n) is 9.55. The summed E-state index contributed by atoms with van der Waals surface area (Å²) in [4.78, 5) is 26.5. The van der Waals surface area contributed by atoms with Crippen LogP contribution in [-0.2, 0) is 7.05 Å². The van der Waals surface area contributed by atoms with Gasteiger partial charge in [-0.1, -0.05) is 12.1 Å². The number of amides is 1. The van der Waals surface area contributed by atoms with Crippen molar-refractivity contribution < 1.29 is 9.18 Å². The normalized spacial score (nSPS) is 10.3. The van der Waals surface area contributed by atoms with Crippen LogP contribution in [0.1, 0.15) is 10.4 Å². The van der Waals surface area contributed by atoms with Gasteiger partial charge in [-0.3, -0.25) is 4.79 Å². The van der Waals surface area contributed by atoms with Crippen molar-refractivity contribution in [3.63, 3.8) is 0 Å². The minimum atomic E-state index is -0.725. The first-order valence-electron chi connectivity index (χ1n) is 5.12. The van der Waals surface area contributed by atoms with Gasteiger partial charge in [0.2, 0.25) is 0 Å². The smallest absolute Gasteiger partial charge is 0.347 e. The molecule has 1 aromatic carbocycles. The molecule has 0 saturated carbocycles. The molecule has 0 atom stereocenters. The Hall–Kier alpha value is -2.50. The molecule has 92 valence electrons. The van der Waals surface area contributed by atoms with Crippen LogP contribution in [0.3, 0.4) is 0 Å². The summed E-state index contributed by atoms with van der Waals surface area (Å²) in [6.45, 7) is 0. The molecule has 0 aliphatic carbocycles. The Balaban J connectivity index is 2.74. The second kappa shape index (κ2) is 4.40. The maximum absolute atomic E-state index is 13.1. The first-order chi connectivity index (χ1) is 8.49. The van der Waals surface area contributed by atoms with Crippen molar-refractivity contribution in [1.29, 1.82) is 0 Å². The predicted octanol–water partition coefficient (Wildman–Crippen LogP) is 0.685. The number of rotatable bonds is 2. The molecule has 2 aromatic rings. The summed E-state index contributed by atoms with van der Waals surface area (Å²) in [7, 11) is 1.46. The maximum atomic E-state index is 13.1. The molecule has 0 aliphatic heterocycles. The van der Waals surface area contributed by atoms with Gasteiger partial charge in [-0.05, 0) is 12.1 Å². The number of carbonyl (C=O) groups is 1. The summed E-state index contributed by atoms with van der Waals surface area (Å²) in [5.74, 6) is -1.21. The fraction of sp³-hybridized carbons (Fsp3) is 0.0833. The van der Waals surface area contributed by atoms with E-state index in [1.54, 1.807) is 6.07 Å². The lowest BCUT2D eigenvalue weighted by Gasteiger charge is -2.07. The molecule has 2 N–H and O–H groups in total. The van der Waals surface area contributed by atoms with Gasteiger partial charge in [-0.2, -0.15) is 4.98 Å². The molecule has 0 aliphatic rings. The maximum Gasteiger partial charge on any atom is 0.347 e. The van der Waals surface area contributed by atoms with Crippen LogP contribution >= 0.6 is 0 Å². The highest BCUT2D eigenvalue weighted by Crippen LogP contribution is 2.20. The molecule has 0 bridgehead atoms. The number of aromatic nitrogens is 2. The SMILES string of the molecule is Cn1cc(C(N)=O)c(-c2cccc(F)c2)nc1=O. The van der Waals surface area contributed by atoms with Crippen LogP contribution in [0.15, 0.2) is 35.3 Å². The minimum absolute atomic E-state index is 0.0719. The Morgan fingerprint density at radius 3 is 2.78 bits per heavy atom. The van der Waals surface area contributed by atoms with Gasteiger partial charge in [-0.25, -0.2) is 9.18 Å². The van der Waals surface area contributed by atoms with Gasteiger partial charge in [0.15, 0.2) is 0 Å². The van der Waals surface area contributed by atoms with E-state index in [9.17, 15) is 14.0 Å². The van der Waals surface area contributed by atoms with Crippen molar-refractivity contribution in [2.45, 2.75) is 0 Å². The van der Waals surface area contributed by atoms with Crippen LogP contribution in [0.2, 0.25) is 0 Å². The van der Waals surface area contributed by atoms with Crippen molar-refractivity contribution in [3.8, 4) is 11.3 Å². The lowest BCUT2D eigenvalue weighted by molar-refractivity contribution is 0.1000. The molecule has 1 amide bonds. The van der Waals surface area contributed by atoms with E-state index < -0.39 is 17.4 Å². The van der Waals surface area contributed by atoms with Gasteiger partial charge in [0.05, 0.1) is 11.3 Å². The Bertz CT molecular complexity index is 679. The van der Waals surface area contributed by atoms with Crippen LogP contribution in [0.5, 0.6) is 0 Å². The third kappa shape index (κ3) is 2.13. The molecule has 2 rings (SSSR count). The van der Waals surface area contributed by atoms with Gasteiger partial charge in [0.25, 0.3) is 5.91 Å². The average Bonchev–Trinajstić information content (AvgIpc) is 2.31. The number of benzene rings is 1. The van der Waals surface area contributed by atoms with Gasteiger partial charge in [0, 0.05) is 18.8 Å². The van der Waals surface area contributed by atoms with Crippen LogP contribution in [0.4, 0.5) is 4.39 Å². The molecule has 0 spiro atoms. The first-order valence-corrected chi connectivity index (χ1v) is 5.12. The summed E-state index contributed by atoms with van der Waals surface area (Å²) >= 11 is 0. The van der Waals surface area contributed by atoms with Gasteiger partial charge in [-0.15, -0.1) is 0 Å². The van der Waals surface area contributed by atoms with Crippen molar-refractivity contribution in [3.05, 3.63) is 52.3 Å². The van der Waals surface area contributed by atoms with Gasteiger partial charge in [0.1, 0.15) is 5.82 Å². The van der Waals surface area contributed by atoms with E-state index in [1.807, 2.05) is 0 Å². The fourth-order valence-corrected chi connectivity index (χ4v) is 1.58. The highest BCUT2D eigenvalue weighted by molar-refractivity contribution is 5.98. The molecule has 0 radical (unpaired) electrons. The minimum Gasteiger partial charge on any atom is -0.365 e. The number of halogens is 1. The fourth-order valence-electron chi connectivity index (χ4n) is 1.58. The molecule has 0 fully saturated rings. The van der Waals surface area contributed by atoms with Crippen LogP contribution < -0.4 is 11.4 Å². The zero-order valence-corrected chi connectivity index (χ0v) is 9.55. The van der Waals surface area contributed by atoms with Gasteiger partial charge >= 0.3 is 5.69 Å². The van der Waals surface area contributed by atoms with E-state index in [2.05, 4.69) is 4.98 Å². The van der Waals surface area contributed by atoms with Crippen molar-refractivity contribution >= 4 is 5.91 Å². The summed E-state index contributed by atoms with van der Waals surface area (Å²) in [5.41, 5.74) is 5.17. The second-order valence-electron chi connectivity index (χ2n) is 3.77. The summed E-state index contributed by atoms with van der Waals surface area (Å²) in [6.07, 6.45) is 1.29. The quantitative estimate of drug-likeness (QED) is 0.847. The monoisotopic (exact) mass is 247 g/mol. The second-order valence-corrected chi connectivity index (χ2v) is 3.77. The van der Waals surface area contributed by atoms with E-state index in [0.717, 1.165) is 4.57 Å². The van der Waals surface area contributed by atoms with E-state index in [-0.39, 0.29) is 11.3 Å². The molecule has 0 unspecified atom stereocenters. The number of carbonyl (C=O) groups excluding carboxylic acids is 1. The summed E-state index contributed by atoms with van der Waals surface area (Å²) < 4.78 is 14.3. The van der Waals surface area contributed by atoms with Crippen LogP contribution in [0, 0.1) is 5.82 Å². The molecule has 0 saturated heterocycles. The van der Waals surface area contributed by atoms with Crippen LogP contribution in [0.25, 0.3) is 11.3 Å². The Morgan fingerprint density at radius 2 is 2.17 bits per heavy atom. The third-order valence-electron chi connectivity index (χ3n) is 2.45. The number of nitrogens with two attached hydrogens (primary N) is 1. The van der Waals surface area contributed by atoms with Crippen molar-refractivity contribution in [2.75, 3.05) is 0 Å². The van der Waals surface area contributed by atoms with E-state index in [4.69, 9.17) is 5.73 Å². The molecule has 1 heterocycles. The summed E-state index contributed by atoms with van der Waals surface area (Å²) in [5, 5.41) is 0. The summed E-state index contributed by atoms with van der Waals surface area (Å²) in [6, 6.07) is 5.47. The lowest BCUT2D eigenvalue weighted by Crippen LogP contribution is -2.25. The van der Waals surface area contributed by atoms with E-state index in [1.165, 1.54) is 31.4 Å². The standard InChI is InChI=1S/C12H10FN3O2/c1-16-6-9(11(14)17)10(15-12(16)18)7-3-2-4-8(13)5-7/h2-6H,1H3,(H2,14,17). The molecule has 18 heavy (non-hydrogen) atoms. The number of hydrogen-bond acceptors (Lipinski definition) is 3. The van der Waals surface area contributed by atoms with E-state index in [0.29, 0.717) is 5.56 Å². The molecular weight excluding hydrogens is 237 g/mol. The van der Waals surface area contributed by atoms with Gasteiger partial charge < -0.3 is 10.3 Å². The van der Waals surface area contributed by atoms with Crippen molar-refractivity contribution in [1.82, 2.24) is 9.55 Å². The third-order valence-corrected chi connectivity index (χ3v) is 2.45.